The second-order valence-corrected chi connectivity index (χ2v) is 14.9. The molecule has 3 amide bonds. The molecule has 2 saturated carbocycles. The summed E-state index contributed by atoms with van der Waals surface area (Å²) in [5, 5.41) is 3.06. The Balaban J connectivity index is 1.22. The van der Waals surface area contributed by atoms with Crippen LogP contribution in [0, 0.1) is 29.5 Å². The zero-order valence-electron chi connectivity index (χ0n) is 29.5. The highest BCUT2D eigenvalue weighted by Crippen LogP contribution is 2.54. The van der Waals surface area contributed by atoms with Crippen molar-refractivity contribution in [1.82, 2.24) is 10.2 Å². The van der Waals surface area contributed by atoms with Gasteiger partial charge in [-0.05, 0) is 91.8 Å². The quantitative estimate of drug-likeness (QED) is 0.139. The van der Waals surface area contributed by atoms with Crippen LogP contribution < -0.4 is 5.32 Å². The largest absolute Gasteiger partial charge is 0.373 e. The summed E-state index contributed by atoms with van der Waals surface area (Å²) in [6.45, 7) is 1.09. The molecular weight excluding hydrogens is 671 g/mol. The summed E-state index contributed by atoms with van der Waals surface area (Å²) in [7, 11) is 0. The van der Waals surface area contributed by atoms with Gasteiger partial charge < -0.3 is 14.8 Å². The standard InChI is InChI=1S/C44H43FN2O6/c45-35-20-18-30(19-21-35)42(50)47-23-9-17-34-16-8-22-44(34,43(47)51)53-40(32-15-7-14-31(24-32)39(48)29-12-5-2-6-13-29)38-36(25-33-26-46-41(49)37(33)38)52-27-28-10-3-1-4-11-28/h1-7,10-15,18-21,24,33-34,36-38,40H,8-9,16-17,22-23,25-27H2,(H,46,49). The number of hydrogen-bond acceptors (Lipinski definition) is 6. The van der Waals surface area contributed by atoms with Gasteiger partial charge in [0, 0.05) is 35.7 Å². The van der Waals surface area contributed by atoms with Gasteiger partial charge in [-0.25, -0.2) is 4.39 Å². The molecule has 2 aliphatic heterocycles. The summed E-state index contributed by atoms with van der Waals surface area (Å²) >= 11 is 0. The number of likely N-dealkylation sites (tertiary alicyclic amines) is 1. The van der Waals surface area contributed by atoms with Crippen molar-refractivity contribution in [2.24, 2.45) is 23.7 Å². The maximum Gasteiger partial charge on any atom is 0.262 e. The number of hydrogen-bond donors (Lipinski definition) is 1. The smallest absolute Gasteiger partial charge is 0.262 e. The number of carbonyl (C=O) groups excluding carboxylic acids is 4. The molecule has 7 atom stereocenters. The summed E-state index contributed by atoms with van der Waals surface area (Å²) < 4.78 is 27.9. The number of nitrogens with zero attached hydrogens (tertiary/aromatic N) is 1. The lowest BCUT2D eigenvalue weighted by Gasteiger charge is -2.42. The maximum absolute atomic E-state index is 15.0. The van der Waals surface area contributed by atoms with Crippen molar-refractivity contribution in [2.75, 3.05) is 13.1 Å². The lowest BCUT2D eigenvalue weighted by atomic mass is 9.81. The highest BCUT2D eigenvalue weighted by molar-refractivity contribution is 6.09. The minimum absolute atomic E-state index is 0.00627. The summed E-state index contributed by atoms with van der Waals surface area (Å²) in [4.78, 5) is 57.7. The molecule has 2 saturated heterocycles. The number of amides is 3. The minimum atomic E-state index is -1.35. The van der Waals surface area contributed by atoms with Crippen molar-refractivity contribution in [1.29, 1.82) is 0 Å². The van der Waals surface area contributed by atoms with Gasteiger partial charge in [-0.3, -0.25) is 24.1 Å². The summed E-state index contributed by atoms with van der Waals surface area (Å²) in [5.74, 6) is -2.66. The van der Waals surface area contributed by atoms with Gasteiger partial charge in [0.1, 0.15) is 5.82 Å². The van der Waals surface area contributed by atoms with Crippen LogP contribution in [0.3, 0.4) is 0 Å². The molecule has 1 N–H and O–H groups in total. The van der Waals surface area contributed by atoms with Crippen LogP contribution in [0.4, 0.5) is 4.39 Å². The molecule has 0 aromatic heterocycles. The first-order chi connectivity index (χ1) is 25.8. The van der Waals surface area contributed by atoms with Crippen LogP contribution in [-0.2, 0) is 25.7 Å². The number of nitrogens with one attached hydrogen (secondary N) is 1. The fraction of sp³-hybridized carbons (Fsp3) is 0.364. The number of imide groups is 1. The van der Waals surface area contributed by atoms with E-state index in [-0.39, 0.29) is 41.7 Å². The normalized spacial score (nSPS) is 27.1. The van der Waals surface area contributed by atoms with E-state index >= 15 is 0 Å². The molecule has 9 heteroatoms. The molecule has 2 heterocycles. The second kappa shape index (κ2) is 14.8. The molecule has 4 aromatic rings. The summed E-state index contributed by atoms with van der Waals surface area (Å²) in [5.41, 5.74) is 1.57. The van der Waals surface area contributed by atoms with Crippen molar-refractivity contribution >= 4 is 23.5 Å². The van der Waals surface area contributed by atoms with Gasteiger partial charge in [-0.2, -0.15) is 0 Å². The second-order valence-electron chi connectivity index (χ2n) is 14.9. The van der Waals surface area contributed by atoms with Gasteiger partial charge in [-0.1, -0.05) is 78.9 Å². The van der Waals surface area contributed by atoms with Crippen molar-refractivity contribution in [3.63, 3.8) is 0 Å². The van der Waals surface area contributed by atoms with Crippen LogP contribution in [0.5, 0.6) is 0 Å². The van der Waals surface area contributed by atoms with Crippen LogP contribution in [0.15, 0.2) is 109 Å². The molecule has 53 heavy (non-hydrogen) atoms. The van der Waals surface area contributed by atoms with Gasteiger partial charge in [0.15, 0.2) is 11.4 Å². The number of rotatable bonds is 10. The van der Waals surface area contributed by atoms with Crippen LogP contribution in [0.25, 0.3) is 0 Å². The number of benzene rings is 4. The van der Waals surface area contributed by atoms with Crippen LogP contribution in [-0.4, -0.2) is 53.2 Å². The Morgan fingerprint density at radius 3 is 2.34 bits per heavy atom. The first kappa shape index (κ1) is 35.1. The molecule has 4 aliphatic rings. The van der Waals surface area contributed by atoms with Crippen LogP contribution in [0.2, 0.25) is 0 Å². The third kappa shape index (κ3) is 6.72. The molecule has 272 valence electrons. The van der Waals surface area contributed by atoms with Crippen molar-refractivity contribution in [3.05, 3.63) is 143 Å². The SMILES string of the molecule is O=C(c1ccccc1)c1cccc(C(OC23CCCC2CCCN(C(=O)c2ccc(F)cc2)C3=O)C2C(OCc3ccccc3)CC3CNC(=O)C32)c1. The molecule has 0 spiro atoms. The first-order valence-corrected chi connectivity index (χ1v) is 18.7. The van der Waals surface area contributed by atoms with E-state index < -0.39 is 41.2 Å². The molecule has 2 aliphatic carbocycles. The molecule has 7 unspecified atom stereocenters. The number of fused-ring (bicyclic) bond motifs is 2. The zero-order chi connectivity index (χ0) is 36.5. The molecule has 8 rings (SSSR count). The Labute approximate surface area is 308 Å². The lowest BCUT2D eigenvalue weighted by Crippen LogP contribution is -2.54. The van der Waals surface area contributed by atoms with E-state index in [0.29, 0.717) is 55.5 Å². The van der Waals surface area contributed by atoms with Gasteiger partial charge in [0.05, 0.1) is 24.7 Å². The first-order valence-electron chi connectivity index (χ1n) is 18.7. The minimum Gasteiger partial charge on any atom is -0.373 e. The molecule has 4 aromatic carbocycles. The maximum atomic E-state index is 15.0. The van der Waals surface area contributed by atoms with E-state index in [4.69, 9.17) is 9.47 Å². The summed E-state index contributed by atoms with van der Waals surface area (Å²) in [6.07, 6.45) is 2.62. The van der Waals surface area contributed by atoms with E-state index in [1.807, 2.05) is 66.7 Å². The monoisotopic (exact) mass is 714 g/mol. The highest BCUT2D eigenvalue weighted by atomic mass is 19.1. The number of halogens is 1. The molecule has 0 bridgehead atoms. The fourth-order valence-electron chi connectivity index (χ4n) is 9.33. The van der Waals surface area contributed by atoms with E-state index in [1.165, 1.54) is 29.2 Å². The molecular formula is C44H43FN2O6. The fourth-order valence-corrected chi connectivity index (χ4v) is 9.33. The van der Waals surface area contributed by atoms with Crippen molar-refractivity contribution in [2.45, 2.75) is 62.9 Å². The number of ether oxygens (including phenoxy) is 2. The van der Waals surface area contributed by atoms with E-state index in [2.05, 4.69) is 5.32 Å². The van der Waals surface area contributed by atoms with Crippen molar-refractivity contribution < 1.29 is 33.0 Å². The van der Waals surface area contributed by atoms with E-state index in [0.717, 1.165) is 18.4 Å². The predicted octanol–water partition coefficient (Wildman–Crippen LogP) is 7.08. The Hall–Kier alpha value is -4.99. The third-order valence-electron chi connectivity index (χ3n) is 11.9. The molecule has 0 radical (unpaired) electrons. The van der Waals surface area contributed by atoms with Crippen LogP contribution in [0.1, 0.15) is 82.0 Å². The predicted molar refractivity (Wildman–Crippen MR) is 195 cm³/mol. The topological polar surface area (TPSA) is 102 Å². The molecule has 8 nitrogen and oxygen atoms in total. The Morgan fingerprint density at radius 2 is 1.57 bits per heavy atom. The van der Waals surface area contributed by atoms with Gasteiger partial charge in [0.25, 0.3) is 11.8 Å². The third-order valence-corrected chi connectivity index (χ3v) is 11.9. The van der Waals surface area contributed by atoms with E-state index in [9.17, 15) is 23.6 Å². The number of carbonyl (C=O) groups is 4. The van der Waals surface area contributed by atoms with Gasteiger partial charge >= 0.3 is 0 Å². The lowest BCUT2D eigenvalue weighted by molar-refractivity contribution is -0.185. The Bertz CT molecular complexity index is 1990. The number of ketones is 1. The average molecular weight is 715 g/mol. The highest BCUT2D eigenvalue weighted by Gasteiger charge is 2.60. The van der Waals surface area contributed by atoms with Gasteiger partial charge in [-0.15, -0.1) is 0 Å². The average Bonchev–Trinajstić information content (AvgIpc) is 3.87. The summed E-state index contributed by atoms with van der Waals surface area (Å²) in [6, 6.07) is 31.5. The Morgan fingerprint density at radius 1 is 0.849 bits per heavy atom. The zero-order valence-corrected chi connectivity index (χ0v) is 29.5. The molecule has 4 fully saturated rings. The van der Waals surface area contributed by atoms with E-state index in [1.54, 1.807) is 18.2 Å². The van der Waals surface area contributed by atoms with Gasteiger partial charge in [0.2, 0.25) is 5.91 Å². The van der Waals surface area contributed by atoms with Crippen LogP contribution >= 0.6 is 0 Å². The Kier molecular flexibility index (Phi) is 9.79. The van der Waals surface area contributed by atoms with Crippen molar-refractivity contribution in [3.8, 4) is 0 Å².